The third kappa shape index (κ3) is 2.30. The van der Waals surface area contributed by atoms with Gasteiger partial charge < -0.3 is 5.32 Å². The van der Waals surface area contributed by atoms with Gasteiger partial charge in [-0.3, -0.25) is 0 Å². The van der Waals surface area contributed by atoms with Gasteiger partial charge in [-0.25, -0.2) is 4.79 Å². The van der Waals surface area contributed by atoms with E-state index in [1.807, 2.05) is 30.3 Å². The van der Waals surface area contributed by atoms with E-state index >= 15 is 0 Å². The van der Waals surface area contributed by atoms with Crippen LogP contribution in [0.3, 0.4) is 0 Å². The monoisotopic (exact) mass is 271 g/mol. The molecule has 1 aromatic heterocycles. The summed E-state index contributed by atoms with van der Waals surface area (Å²) in [7, 11) is 0. The number of rotatable bonds is 1. The van der Waals surface area contributed by atoms with E-state index in [0.717, 1.165) is 16.6 Å². The molecule has 1 N–H and O–H groups in total. The number of amides is 1. The fraction of sp³-hybridized carbons (Fsp3) is 0. The molecule has 3 rings (SSSR count). The van der Waals surface area contributed by atoms with Crippen LogP contribution in [0.1, 0.15) is 0 Å². The highest BCUT2D eigenvalue weighted by Gasteiger charge is 2.10. The number of anilines is 1. The molecular formula is C14H10ClN3O. The maximum Gasteiger partial charge on any atom is 0.347 e. The largest absolute Gasteiger partial charge is 0.347 e. The van der Waals surface area contributed by atoms with Crippen LogP contribution in [-0.4, -0.2) is 15.8 Å². The number of carbonyl (C=O) groups is 1. The molecule has 0 aliphatic rings. The van der Waals surface area contributed by atoms with Gasteiger partial charge in [0.25, 0.3) is 0 Å². The minimum absolute atomic E-state index is 0.302. The summed E-state index contributed by atoms with van der Waals surface area (Å²) in [6, 6.07) is 14.2. The molecule has 2 aromatic carbocycles. The lowest BCUT2D eigenvalue weighted by molar-refractivity contribution is 0.252. The Morgan fingerprint density at radius 3 is 2.74 bits per heavy atom. The molecule has 0 atom stereocenters. The zero-order chi connectivity index (χ0) is 13.2. The number of fused-ring (bicyclic) bond motifs is 1. The van der Waals surface area contributed by atoms with Crippen LogP contribution in [0.25, 0.3) is 10.9 Å². The lowest BCUT2D eigenvalue weighted by Gasteiger charge is -2.05. The quantitative estimate of drug-likeness (QED) is 0.732. The average molecular weight is 272 g/mol. The third-order valence-electron chi connectivity index (χ3n) is 2.75. The van der Waals surface area contributed by atoms with Crippen molar-refractivity contribution in [1.82, 2.24) is 9.78 Å². The van der Waals surface area contributed by atoms with E-state index in [4.69, 9.17) is 11.6 Å². The standard InChI is InChI=1S/C14H10ClN3O/c15-11-6-7-13-10(8-11)9-16-18(13)14(19)17-12-4-2-1-3-5-12/h1-9H,(H,17,19). The van der Waals surface area contributed by atoms with Gasteiger partial charge in [-0.05, 0) is 30.3 Å². The predicted molar refractivity (Wildman–Crippen MR) is 75.6 cm³/mol. The first-order chi connectivity index (χ1) is 9.24. The van der Waals surface area contributed by atoms with Crippen molar-refractivity contribution >= 4 is 34.2 Å². The number of nitrogens with zero attached hydrogens (tertiary/aromatic N) is 2. The molecule has 0 aliphatic carbocycles. The van der Waals surface area contributed by atoms with Crippen LogP contribution in [0, 0.1) is 0 Å². The molecule has 0 unspecified atom stereocenters. The average Bonchev–Trinajstić information content (AvgIpc) is 2.82. The Kier molecular flexibility index (Phi) is 2.93. The van der Waals surface area contributed by atoms with Crippen LogP contribution in [0.15, 0.2) is 54.7 Å². The van der Waals surface area contributed by atoms with Crippen molar-refractivity contribution in [1.29, 1.82) is 0 Å². The second-order valence-electron chi connectivity index (χ2n) is 4.06. The number of hydrogen-bond donors (Lipinski definition) is 1. The Morgan fingerprint density at radius 2 is 1.95 bits per heavy atom. The number of nitrogens with one attached hydrogen (secondary N) is 1. The summed E-state index contributed by atoms with van der Waals surface area (Å²) in [4.78, 5) is 12.1. The molecule has 0 radical (unpaired) electrons. The Balaban J connectivity index is 1.94. The van der Waals surface area contributed by atoms with Crippen molar-refractivity contribution in [2.45, 2.75) is 0 Å². The normalized spacial score (nSPS) is 10.6. The van der Waals surface area contributed by atoms with Gasteiger partial charge in [-0.15, -0.1) is 0 Å². The molecule has 0 saturated heterocycles. The number of benzene rings is 2. The molecule has 19 heavy (non-hydrogen) atoms. The van der Waals surface area contributed by atoms with Crippen molar-refractivity contribution < 1.29 is 4.79 Å². The first-order valence-corrected chi connectivity index (χ1v) is 6.11. The molecule has 0 bridgehead atoms. The maximum absolute atomic E-state index is 12.1. The highest BCUT2D eigenvalue weighted by atomic mass is 35.5. The molecular weight excluding hydrogens is 262 g/mol. The summed E-state index contributed by atoms with van der Waals surface area (Å²) < 4.78 is 1.32. The highest BCUT2D eigenvalue weighted by molar-refractivity contribution is 6.31. The van der Waals surface area contributed by atoms with Crippen molar-refractivity contribution in [3.05, 3.63) is 59.8 Å². The summed E-state index contributed by atoms with van der Waals surface area (Å²) in [6.07, 6.45) is 1.62. The Hall–Kier alpha value is -2.33. The van der Waals surface area contributed by atoms with Gasteiger partial charge in [0, 0.05) is 16.1 Å². The number of halogens is 1. The molecule has 0 spiro atoms. The smallest absolute Gasteiger partial charge is 0.306 e. The summed E-state index contributed by atoms with van der Waals surface area (Å²) in [5, 5.41) is 8.31. The Bertz CT molecular complexity index is 737. The number of aromatic nitrogens is 2. The molecule has 1 amide bonds. The SMILES string of the molecule is O=C(Nc1ccccc1)n1ncc2cc(Cl)ccc21. The molecule has 0 saturated carbocycles. The van der Waals surface area contributed by atoms with E-state index < -0.39 is 0 Å². The molecule has 3 aromatic rings. The lowest BCUT2D eigenvalue weighted by atomic mass is 10.2. The fourth-order valence-corrected chi connectivity index (χ4v) is 2.04. The minimum Gasteiger partial charge on any atom is -0.306 e. The topological polar surface area (TPSA) is 46.9 Å². The molecule has 94 valence electrons. The first-order valence-electron chi connectivity index (χ1n) is 5.74. The minimum atomic E-state index is -0.302. The van der Waals surface area contributed by atoms with Crippen molar-refractivity contribution in [2.75, 3.05) is 5.32 Å². The first kappa shape index (κ1) is 11.7. The second-order valence-corrected chi connectivity index (χ2v) is 4.49. The van der Waals surface area contributed by atoms with E-state index in [1.54, 1.807) is 24.4 Å². The van der Waals surface area contributed by atoms with E-state index in [9.17, 15) is 4.79 Å². The zero-order valence-electron chi connectivity index (χ0n) is 9.88. The van der Waals surface area contributed by atoms with Gasteiger partial charge in [-0.1, -0.05) is 29.8 Å². The van der Waals surface area contributed by atoms with E-state index in [1.165, 1.54) is 4.68 Å². The van der Waals surface area contributed by atoms with E-state index in [0.29, 0.717) is 5.02 Å². The van der Waals surface area contributed by atoms with Crippen molar-refractivity contribution in [3.63, 3.8) is 0 Å². The van der Waals surface area contributed by atoms with Gasteiger partial charge in [0.2, 0.25) is 0 Å². The number of para-hydroxylation sites is 1. The van der Waals surface area contributed by atoms with Crippen molar-refractivity contribution in [3.8, 4) is 0 Å². The van der Waals surface area contributed by atoms with Gasteiger partial charge in [0.1, 0.15) is 0 Å². The summed E-state index contributed by atoms with van der Waals surface area (Å²) in [5.41, 5.74) is 1.45. The van der Waals surface area contributed by atoms with Crippen molar-refractivity contribution in [2.24, 2.45) is 0 Å². The number of hydrogen-bond acceptors (Lipinski definition) is 2. The van der Waals surface area contributed by atoms with E-state index in [-0.39, 0.29) is 6.03 Å². The maximum atomic E-state index is 12.1. The number of carbonyl (C=O) groups excluding carboxylic acids is 1. The lowest BCUT2D eigenvalue weighted by Crippen LogP contribution is -2.20. The zero-order valence-corrected chi connectivity index (χ0v) is 10.6. The van der Waals surface area contributed by atoms with Crippen LogP contribution >= 0.6 is 11.6 Å². The van der Waals surface area contributed by atoms with Gasteiger partial charge >= 0.3 is 6.03 Å². The molecule has 0 aliphatic heterocycles. The van der Waals surface area contributed by atoms with Gasteiger partial charge in [0.15, 0.2) is 0 Å². The fourth-order valence-electron chi connectivity index (χ4n) is 1.86. The van der Waals surface area contributed by atoms with Crippen LogP contribution in [0.2, 0.25) is 5.02 Å². The van der Waals surface area contributed by atoms with Crippen LogP contribution in [0.4, 0.5) is 10.5 Å². The van der Waals surface area contributed by atoms with Gasteiger partial charge in [-0.2, -0.15) is 9.78 Å². The summed E-state index contributed by atoms with van der Waals surface area (Å²) >= 11 is 5.90. The summed E-state index contributed by atoms with van der Waals surface area (Å²) in [6.45, 7) is 0. The molecule has 1 heterocycles. The highest BCUT2D eigenvalue weighted by Crippen LogP contribution is 2.19. The molecule has 0 fully saturated rings. The van der Waals surface area contributed by atoms with Gasteiger partial charge in [0.05, 0.1) is 11.7 Å². The Morgan fingerprint density at radius 1 is 1.16 bits per heavy atom. The van der Waals surface area contributed by atoms with Crippen LogP contribution < -0.4 is 5.32 Å². The predicted octanol–water partition coefficient (Wildman–Crippen LogP) is 3.77. The summed E-state index contributed by atoms with van der Waals surface area (Å²) in [5.74, 6) is 0. The van der Waals surface area contributed by atoms with Crippen LogP contribution in [0.5, 0.6) is 0 Å². The van der Waals surface area contributed by atoms with E-state index in [2.05, 4.69) is 10.4 Å². The molecule has 4 nitrogen and oxygen atoms in total. The Labute approximate surface area is 114 Å². The molecule has 5 heteroatoms. The third-order valence-corrected chi connectivity index (χ3v) is 2.98. The second kappa shape index (κ2) is 4.74. The van der Waals surface area contributed by atoms with Crippen LogP contribution in [-0.2, 0) is 0 Å².